The van der Waals surface area contributed by atoms with Gasteiger partial charge in [-0.15, -0.1) is 0 Å². The van der Waals surface area contributed by atoms with E-state index in [9.17, 15) is 30.0 Å². The first kappa shape index (κ1) is 28.0. The molecule has 32 heavy (non-hydrogen) atoms. The molecule has 0 unspecified atom stereocenters. The zero-order valence-electron chi connectivity index (χ0n) is 20.0. The van der Waals surface area contributed by atoms with Gasteiger partial charge in [-0.25, -0.2) is 4.79 Å². The molecule has 0 spiro atoms. The number of esters is 1. The van der Waals surface area contributed by atoms with Crippen LogP contribution in [0.2, 0.25) is 0 Å². The summed E-state index contributed by atoms with van der Waals surface area (Å²) >= 11 is 0. The molecule has 0 radical (unpaired) electrons. The van der Waals surface area contributed by atoms with E-state index < -0.39 is 47.2 Å². The molecular formula is C25H38O7. The van der Waals surface area contributed by atoms with Crippen molar-refractivity contribution in [2.24, 2.45) is 5.41 Å². The minimum atomic E-state index is -1.68. The van der Waals surface area contributed by atoms with Crippen molar-refractivity contribution in [3.63, 3.8) is 0 Å². The Bertz CT molecular complexity index is 792. The minimum Gasteiger partial charge on any atom is -0.452 e. The summed E-state index contributed by atoms with van der Waals surface area (Å²) < 4.78 is 5.48. The van der Waals surface area contributed by atoms with E-state index in [-0.39, 0.29) is 12.0 Å². The fourth-order valence-electron chi connectivity index (χ4n) is 3.19. The summed E-state index contributed by atoms with van der Waals surface area (Å²) in [6, 6.07) is 0. The summed E-state index contributed by atoms with van der Waals surface area (Å²) in [5, 5.41) is 40.9. The maximum Gasteiger partial charge on any atom is 0.331 e. The molecule has 0 amide bonds. The van der Waals surface area contributed by atoms with Crippen LogP contribution < -0.4 is 0 Å². The smallest absolute Gasteiger partial charge is 0.331 e. The molecule has 180 valence electrons. The van der Waals surface area contributed by atoms with E-state index >= 15 is 0 Å². The van der Waals surface area contributed by atoms with Crippen LogP contribution in [0.3, 0.4) is 0 Å². The second-order valence-corrected chi connectivity index (χ2v) is 9.82. The van der Waals surface area contributed by atoms with Crippen LogP contribution in [0.1, 0.15) is 60.8 Å². The van der Waals surface area contributed by atoms with E-state index in [4.69, 9.17) is 4.74 Å². The van der Waals surface area contributed by atoms with Crippen molar-refractivity contribution in [3.05, 3.63) is 47.6 Å². The molecule has 0 aromatic carbocycles. The van der Waals surface area contributed by atoms with Gasteiger partial charge in [0.05, 0.1) is 18.3 Å². The van der Waals surface area contributed by atoms with E-state index in [1.54, 1.807) is 32.1 Å². The molecule has 4 N–H and O–H groups in total. The average molecular weight is 451 g/mol. The second-order valence-electron chi connectivity index (χ2n) is 9.82. The zero-order valence-corrected chi connectivity index (χ0v) is 20.0. The van der Waals surface area contributed by atoms with E-state index in [1.165, 1.54) is 39.0 Å². The summed E-state index contributed by atoms with van der Waals surface area (Å²) in [5.74, 6) is -1.08. The summed E-state index contributed by atoms with van der Waals surface area (Å²) in [6.45, 7) is 9.41. The van der Waals surface area contributed by atoms with Gasteiger partial charge in [-0.2, -0.15) is 0 Å². The highest BCUT2D eigenvalue weighted by atomic mass is 16.6. The van der Waals surface area contributed by atoms with Gasteiger partial charge in [0.25, 0.3) is 0 Å². The quantitative estimate of drug-likeness (QED) is 0.267. The monoisotopic (exact) mass is 450 g/mol. The highest BCUT2D eigenvalue weighted by Gasteiger charge is 2.34. The van der Waals surface area contributed by atoms with Gasteiger partial charge in [-0.1, -0.05) is 24.6 Å². The van der Waals surface area contributed by atoms with Gasteiger partial charge >= 0.3 is 5.97 Å². The molecule has 7 heteroatoms. The lowest BCUT2D eigenvalue weighted by molar-refractivity contribution is -0.148. The predicted molar refractivity (Wildman–Crippen MR) is 123 cm³/mol. The van der Waals surface area contributed by atoms with Crippen molar-refractivity contribution in [1.29, 1.82) is 0 Å². The number of hydrogen-bond donors (Lipinski definition) is 4. The van der Waals surface area contributed by atoms with Crippen molar-refractivity contribution >= 4 is 11.8 Å². The number of carbonyl (C=O) groups excluding carboxylic acids is 2. The van der Waals surface area contributed by atoms with E-state index in [0.717, 1.165) is 5.57 Å². The van der Waals surface area contributed by atoms with Crippen molar-refractivity contribution in [2.45, 2.75) is 84.2 Å². The molecule has 0 heterocycles. The number of carbonyl (C=O) groups is 2. The first-order valence-electron chi connectivity index (χ1n) is 10.8. The summed E-state index contributed by atoms with van der Waals surface area (Å²) in [5.41, 5.74) is -2.65. The van der Waals surface area contributed by atoms with E-state index in [0.29, 0.717) is 12.8 Å². The third kappa shape index (κ3) is 8.82. The number of ketones is 1. The van der Waals surface area contributed by atoms with Crippen molar-refractivity contribution in [3.8, 4) is 0 Å². The SMILES string of the molecule is CC(C)=CC(=O)O[C@@H]1/C=C/[C@@](C)(CC[C@H](O)C(C)(C)O)C/C=C(/CO)C(=O)/C=C/[C@@]1(C)O. The molecule has 0 saturated heterocycles. The lowest BCUT2D eigenvalue weighted by Crippen LogP contribution is -2.40. The molecule has 4 atom stereocenters. The minimum absolute atomic E-state index is 0.180. The van der Waals surface area contributed by atoms with Gasteiger partial charge in [-0.05, 0) is 77.5 Å². The highest BCUT2D eigenvalue weighted by molar-refractivity contribution is 6.04. The summed E-state index contributed by atoms with van der Waals surface area (Å²) in [4.78, 5) is 24.7. The first-order chi connectivity index (χ1) is 14.6. The van der Waals surface area contributed by atoms with Crippen LogP contribution in [-0.2, 0) is 14.3 Å². The fourth-order valence-corrected chi connectivity index (χ4v) is 3.19. The molecule has 0 aromatic rings. The molecule has 0 saturated carbocycles. The second kappa shape index (κ2) is 11.2. The van der Waals surface area contributed by atoms with Crippen LogP contribution in [0.15, 0.2) is 47.6 Å². The maximum atomic E-state index is 12.5. The molecule has 1 aliphatic carbocycles. The van der Waals surface area contributed by atoms with Crippen LogP contribution in [0.5, 0.6) is 0 Å². The molecule has 0 aromatic heterocycles. The largest absolute Gasteiger partial charge is 0.452 e. The lowest BCUT2D eigenvalue weighted by atomic mass is 9.78. The number of aliphatic hydroxyl groups is 4. The Morgan fingerprint density at radius 3 is 2.47 bits per heavy atom. The number of aliphatic hydroxyl groups excluding tert-OH is 2. The van der Waals surface area contributed by atoms with Gasteiger partial charge in [0.15, 0.2) is 11.9 Å². The maximum absolute atomic E-state index is 12.5. The summed E-state index contributed by atoms with van der Waals surface area (Å²) in [7, 11) is 0. The Kier molecular flexibility index (Phi) is 9.78. The van der Waals surface area contributed by atoms with Gasteiger partial charge < -0.3 is 25.2 Å². The predicted octanol–water partition coefficient (Wildman–Crippen LogP) is 2.54. The Morgan fingerprint density at radius 1 is 1.31 bits per heavy atom. The van der Waals surface area contributed by atoms with E-state index in [1.807, 2.05) is 6.92 Å². The van der Waals surface area contributed by atoms with Crippen LogP contribution in [0, 0.1) is 5.41 Å². The van der Waals surface area contributed by atoms with Crippen molar-refractivity contribution < 1.29 is 34.8 Å². The Labute approximate surface area is 190 Å². The number of allylic oxidation sites excluding steroid dienone is 4. The van der Waals surface area contributed by atoms with Crippen molar-refractivity contribution in [2.75, 3.05) is 6.61 Å². The average Bonchev–Trinajstić information content (AvgIpc) is 2.67. The molecule has 1 aliphatic rings. The molecule has 0 fully saturated rings. The van der Waals surface area contributed by atoms with Crippen molar-refractivity contribution in [1.82, 2.24) is 0 Å². The van der Waals surface area contributed by atoms with Crippen LogP contribution >= 0.6 is 0 Å². The number of rotatable bonds is 7. The first-order valence-corrected chi connectivity index (χ1v) is 10.8. The highest BCUT2D eigenvalue weighted by Crippen LogP contribution is 2.34. The van der Waals surface area contributed by atoms with Gasteiger partial charge in [0.2, 0.25) is 0 Å². The lowest BCUT2D eigenvalue weighted by Gasteiger charge is -2.32. The molecule has 0 aliphatic heterocycles. The third-order valence-corrected chi connectivity index (χ3v) is 5.58. The standard InChI is InChI=1S/C25H38O7/c1-17(2)15-22(29)32-21-10-13-24(5,12-9-20(28)23(3,4)30)11-7-18(16-26)19(27)8-14-25(21,6)31/h7-8,10,13-15,20-21,26,28,30-31H,9,11-12,16H2,1-6H3/b13-10+,14-8+,18-7-/t20-,21+,24+,25+/m0/s1. The number of ether oxygens (including phenoxy) is 1. The molecule has 7 nitrogen and oxygen atoms in total. The Hall–Kier alpha value is -2.06. The Morgan fingerprint density at radius 2 is 1.94 bits per heavy atom. The van der Waals surface area contributed by atoms with Crippen LogP contribution in [0.25, 0.3) is 0 Å². The van der Waals surface area contributed by atoms with Gasteiger partial charge in [0.1, 0.15) is 5.60 Å². The fraction of sp³-hybridized carbons (Fsp3) is 0.600. The summed E-state index contributed by atoms with van der Waals surface area (Å²) in [6.07, 6.45) is 7.75. The normalized spacial score (nSPS) is 31.5. The zero-order chi connectivity index (χ0) is 24.7. The topological polar surface area (TPSA) is 124 Å². The molecular weight excluding hydrogens is 412 g/mol. The molecule has 1 rings (SSSR count). The van der Waals surface area contributed by atoms with Gasteiger partial charge in [-0.3, -0.25) is 4.79 Å². The Balaban J connectivity index is 3.38. The van der Waals surface area contributed by atoms with E-state index in [2.05, 4.69) is 0 Å². The van der Waals surface area contributed by atoms with Gasteiger partial charge in [0, 0.05) is 11.6 Å². The van der Waals surface area contributed by atoms with Crippen LogP contribution in [0.4, 0.5) is 0 Å². The number of hydrogen-bond acceptors (Lipinski definition) is 7. The third-order valence-electron chi connectivity index (χ3n) is 5.58. The molecule has 0 bridgehead atoms. The van der Waals surface area contributed by atoms with Crippen LogP contribution in [-0.4, -0.2) is 62.2 Å².